The molecule has 0 saturated carbocycles. The van der Waals surface area contributed by atoms with Crippen LogP contribution < -0.4 is 0 Å². The Bertz CT molecular complexity index is 324. The third-order valence-electron chi connectivity index (χ3n) is 1.53. The first kappa shape index (κ1) is 11.1. The number of rotatable bonds is 6. The van der Waals surface area contributed by atoms with E-state index in [1.54, 1.807) is 0 Å². The first-order chi connectivity index (χ1) is 7.24. The molecule has 0 bridgehead atoms. The first-order valence-corrected chi connectivity index (χ1v) is 4.02. The minimum absolute atomic E-state index is 0.134. The van der Waals surface area contributed by atoms with Gasteiger partial charge in [0, 0.05) is 6.42 Å². The van der Waals surface area contributed by atoms with E-state index in [0.717, 1.165) is 6.40 Å². The Morgan fingerprint density at radius 3 is 3.20 bits per heavy atom. The molecular weight excluding hydrogens is 204 g/mol. The minimum Gasteiger partial charge on any atom is -0.480 e. The predicted molar refractivity (Wildman–Crippen MR) is 48.1 cm³/mol. The predicted octanol–water partition coefficient (Wildman–Crippen LogP) is -0.593. The molecule has 0 saturated heterocycles. The van der Waals surface area contributed by atoms with Gasteiger partial charge in [-0.25, -0.2) is 9.79 Å². The molecule has 1 aromatic rings. The third-order valence-corrected chi connectivity index (χ3v) is 1.53. The Labute approximate surface area is 84.8 Å². The van der Waals surface area contributed by atoms with Gasteiger partial charge in [0.25, 0.3) is 0 Å². The molecule has 0 spiro atoms. The fraction of sp³-hybridized carbons (Fsp3) is 0.429. The van der Waals surface area contributed by atoms with Crippen molar-refractivity contribution in [2.24, 2.45) is 4.99 Å². The first-order valence-electron chi connectivity index (χ1n) is 4.02. The molecule has 0 aromatic carbocycles. The number of nitrogens with zero attached hydrogens (tertiary/aromatic N) is 3. The second-order valence-corrected chi connectivity index (χ2v) is 2.54. The summed E-state index contributed by atoms with van der Waals surface area (Å²) in [5.74, 6) is -1.08. The zero-order valence-corrected chi connectivity index (χ0v) is 7.95. The van der Waals surface area contributed by atoms with Gasteiger partial charge in [-0.15, -0.1) is 0 Å². The van der Waals surface area contributed by atoms with Crippen molar-refractivity contribution < 1.29 is 19.7 Å². The summed E-state index contributed by atoms with van der Waals surface area (Å²) in [6.45, 7) is 0. The van der Waals surface area contributed by atoms with Crippen LogP contribution in [0.15, 0.2) is 11.2 Å². The molecule has 8 nitrogen and oxygen atoms in total. The summed E-state index contributed by atoms with van der Waals surface area (Å²) < 4.78 is 0. The summed E-state index contributed by atoms with van der Waals surface area (Å²) in [4.78, 5) is 23.0. The number of carboxylic acid groups (broad SMARTS) is 1. The van der Waals surface area contributed by atoms with E-state index in [1.165, 1.54) is 13.3 Å². The van der Waals surface area contributed by atoms with Gasteiger partial charge in [-0.3, -0.25) is 0 Å². The number of carboxylic acids is 1. The van der Waals surface area contributed by atoms with E-state index in [4.69, 9.17) is 5.11 Å². The minimum atomic E-state index is -1.08. The Hall–Kier alpha value is -1.96. The van der Waals surface area contributed by atoms with E-state index in [1.807, 2.05) is 0 Å². The van der Waals surface area contributed by atoms with Crippen molar-refractivity contribution in [1.29, 1.82) is 0 Å². The van der Waals surface area contributed by atoms with Gasteiger partial charge in [-0.2, -0.15) is 20.3 Å². The highest BCUT2D eigenvalue weighted by Crippen LogP contribution is 2.01. The molecule has 0 unspecified atom stereocenters. The number of hydrogen-bond acceptors (Lipinski definition) is 6. The molecule has 1 aromatic heterocycles. The standard InChI is InChI=1S/C7H10N4O4/c1-14-15-4-8-6(7(12)13)2-5-3-9-11-10-5/h3-4,6H,2H2,1H3,(H,12,13)(H,9,10,11)/t6-/m0/s1. The van der Waals surface area contributed by atoms with Crippen molar-refractivity contribution in [2.45, 2.75) is 12.5 Å². The maximum absolute atomic E-state index is 10.8. The van der Waals surface area contributed by atoms with Gasteiger partial charge in [0.1, 0.15) is 0 Å². The number of aromatic nitrogens is 3. The van der Waals surface area contributed by atoms with Crippen LogP contribution in [0.3, 0.4) is 0 Å². The number of nitrogens with one attached hydrogen (secondary N) is 1. The average molecular weight is 214 g/mol. The van der Waals surface area contributed by atoms with Crippen molar-refractivity contribution >= 4 is 12.4 Å². The van der Waals surface area contributed by atoms with Crippen LogP contribution in [0, 0.1) is 0 Å². The summed E-state index contributed by atoms with van der Waals surface area (Å²) in [5.41, 5.74) is 0.511. The Balaban J connectivity index is 2.55. The molecule has 0 aliphatic rings. The SMILES string of the molecule is COOC=N[C@@H](Cc1cn[nH]n1)C(=O)O. The topological polar surface area (TPSA) is 110 Å². The number of aliphatic carboxylic acids is 1. The van der Waals surface area contributed by atoms with Crippen LogP contribution in [0.4, 0.5) is 0 Å². The molecule has 1 heterocycles. The molecule has 82 valence electrons. The van der Waals surface area contributed by atoms with E-state index < -0.39 is 12.0 Å². The van der Waals surface area contributed by atoms with Crippen molar-refractivity contribution in [2.75, 3.05) is 7.11 Å². The highest BCUT2D eigenvalue weighted by atomic mass is 17.2. The molecule has 0 amide bonds. The molecule has 8 heteroatoms. The van der Waals surface area contributed by atoms with E-state index in [0.29, 0.717) is 5.69 Å². The van der Waals surface area contributed by atoms with Crippen molar-refractivity contribution in [3.63, 3.8) is 0 Å². The van der Waals surface area contributed by atoms with Crippen LogP contribution >= 0.6 is 0 Å². The lowest BCUT2D eigenvalue weighted by atomic mass is 10.2. The summed E-state index contributed by atoms with van der Waals surface area (Å²) in [6.07, 6.45) is 2.50. The Morgan fingerprint density at radius 1 is 1.87 bits per heavy atom. The van der Waals surface area contributed by atoms with Gasteiger partial charge in [0.15, 0.2) is 6.04 Å². The highest BCUT2D eigenvalue weighted by Gasteiger charge is 2.17. The number of aromatic amines is 1. The smallest absolute Gasteiger partial charge is 0.328 e. The maximum atomic E-state index is 10.8. The lowest BCUT2D eigenvalue weighted by molar-refractivity contribution is -0.188. The fourth-order valence-corrected chi connectivity index (χ4v) is 0.867. The van der Waals surface area contributed by atoms with E-state index in [-0.39, 0.29) is 6.42 Å². The molecule has 15 heavy (non-hydrogen) atoms. The summed E-state index contributed by atoms with van der Waals surface area (Å²) in [6, 6.07) is -0.967. The molecule has 0 fully saturated rings. The van der Waals surface area contributed by atoms with Crippen molar-refractivity contribution in [1.82, 2.24) is 15.4 Å². The van der Waals surface area contributed by atoms with E-state index in [9.17, 15) is 4.79 Å². The Kier molecular flexibility index (Phi) is 4.23. The summed E-state index contributed by atoms with van der Waals surface area (Å²) in [7, 11) is 1.29. The summed E-state index contributed by atoms with van der Waals surface area (Å²) >= 11 is 0. The fourth-order valence-electron chi connectivity index (χ4n) is 0.867. The van der Waals surface area contributed by atoms with Gasteiger partial charge in [0.05, 0.1) is 19.0 Å². The van der Waals surface area contributed by atoms with Crippen LogP contribution in [0.25, 0.3) is 0 Å². The third kappa shape index (κ3) is 3.73. The summed E-state index contributed by atoms with van der Waals surface area (Å²) in [5, 5.41) is 18.5. The largest absolute Gasteiger partial charge is 0.480 e. The maximum Gasteiger partial charge on any atom is 0.328 e. The Morgan fingerprint density at radius 2 is 2.67 bits per heavy atom. The van der Waals surface area contributed by atoms with Crippen LogP contribution in [0.2, 0.25) is 0 Å². The normalized spacial score (nSPS) is 12.9. The molecule has 1 atom stereocenters. The van der Waals surface area contributed by atoms with Crippen LogP contribution in [0.1, 0.15) is 5.69 Å². The van der Waals surface area contributed by atoms with Gasteiger partial charge in [-0.05, 0) is 0 Å². The van der Waals surface area contributed by atoms with Gasteiger partial charge < -0.3 is 9.99 Å². The molecular formula is C7H10N4O4. The second kappa shape index (κ2) is 5.70. The second-order valence-electron chi connectivity index (χ2n) is 2.54. The van der Waals surface area contributed by atoms with Crippen molar-refractivity contribution in [3.05, 3.63) is 11.9 Å². The monoisotopic (exact) mass is 214 g/mol. The van der Waals surface area contributed by atoms with Crippen LogP contribution in [-0.4, -0.2) is 46.0 Å². The molecule has 1 rings (SSSR count). The number of H-pyrrole nitrogens is 1. The lowest BCUT2D eigenvalue weighted by Crippen LogP contribution is -2.21. The van der Waals surface area contributed by atoms with E-state index >= 15 is 0 Å². The average Bonchev–Trinajstić information content (AvgIpc) is 2.69. The van der Waals surface area contributed by atoms with Crippen molar-refractivity contribution in [3.8, 4) is 0 Å². The zero-order valence-electron chi connectivity index (χ0n) is 7.95. The van der Waals surface area contributed by atoms with Gasteiger partial charge in [-0.1, -0.05) is 0 Å². The van der Waals surface area contributed by atoms with Gasteiger partial charge in [0.2, 0.25) is 6.40 Å². The van der Waals surface area contributed by atoms with Crippen LogP contribution in [0.5, 0.6) is 0 Å². The van der Waals surface area contributed by atoms with E-state index in [2.05, 4.69) is 30.2 Å². The molecule has 0 radical (unpaired) electrons. The number of aliphatic imine (C=N–C) groups is 1. The quantitative estimate of drug-likeness (QED) is 0.283. The highest BCUT2D eigenvalue weighted by molar-refractivity contribution is 5.75. The zero-order chi connectivity index (χ0) is 11.1. The molecule has 0 aliphatic heterocycles. The number of hydrogen-bond donors (Lipinski definition) is 2. The number of carbonyl (C=O) groups is 1. The molecule has 2 N–H and O–H groups in total. The van der Waals surface area contributed by atoms with Crippen LogP contribution in [-0.2, 0) is 21.0 Å². The molecule has 0 aliphatic carbocycles. The van der Waals surface area contributed by atoms with Gasteiger partial charge >= 0.3 is 5.97 Å². The lowest BCUT2D eigenvalue weighted by Gasteiger charge is -2.03.